The quantitative estimate of drug-likeness (QED) is 0.807. The Morgan fingerprint density at radius 3 is 2.86 bits per heavy atom. The molecule has 0 bridgehead atoms. The molecule has 76 valence electrons. The monoisotopic (exact) mass is 218 g/mol. The zero-order chi connectivity index (χ0) is 10.7. The maximum Gasteiger partial charge on any atom is 0.356 e. The predicted octanol–water partition coefficient (Wildman–Crippen LogP) is 1.53. The van der Waals surface area contributed by atoms with Crippen molar-refractivity contribution in [1.82, 2.24) is 4.98 Å². The number of nitrogens with zero attached hydrogens (tertiary/aromatic N) is 1. The summed E-state index contributed by atoms with van der Waals surface area (Å²) in [6.45, 7) is -0.618. The van der Waals surface area contributed by atoms with Gasteiger partial charge in [-0.1, -0.05) is 11.6 Å². The first kappa shape index (κ1) is 10.7. The van der Waals surface area contributed by atoms with Crippen LogP contribution < -0.4 is 5.73 Å². The molecule has 0 aliphatic carbocycles. The van der Waals surface area contributed by atoms with Crippen LogP contribution in [0.15, 0.2) is 6.07 Å². The molecule has 3 N–H and O–H groups in total. The fourth-order valence-corrected chi connectivity index (χ4v) is 1.15. The first-order valence-electron chi connectivity index (χ1n) is 3.80. The van der Waals surface area contributed by atoms with Crippen LogP contribution in [0.5, 0.6) is 0 Å². The molecule has 0 aliphatic heterocycles. The van der Waals surface area contributed by atoms with E-state index in [1.165, 1.54) is 6.07 Å². The highest BCUT2D eigenvalue weighted by Gasteiger charge is 2.14. The number of pyridine rings is 1. The average molecular weight is 219 g/mol. The van der Waals surface area contributed by atoms with Gasteiger partial charge in [-0.25, -0.2) is 9.78 Å². The molecule has 0 atom stereocenters. The smallest absolute Gasteiger partial charge is 0.356 e. The third-order valence-corrected chi connectivity index (χ3v) is 1.99. The van der Waals surface area contributed by atoms with Crippen LogP contribution in [0, 0.1) is 0 Å². The minimum absolute atomic E-state index is 0.0294. The summed E-state index contributed by atoms with van der Waals surface area (Å²) < 4.78 is 12.0. The van der Waals surface area contributed by atoms with E-state index >= 15 is 0 Å². The molecule has 0 fully saturated rings. The molecule has 6 heteroatoms. The first-order chi connectivity index (χ1) is 6.56. The fraction of sp³-hybridized carbons (Fsp3) is 0.250. The van der Waals surface area contributed by atoms with Crippen molar-refractivity contribution in [2.75, 3.05) is 12.4 Å². The molecular formula is C8H8ClFN2O2. The Morgan fingerprint density at radius 2 is 2.36 bits per heavy atom. The number of carboxylic acid groups (broad SMARTS) is 1. The molecule has 1 heterocycles. The maximum atomic E-state index is 12.0. The Morgan fingerprint density at radius 1 is 1.71 bits per heavy atom. The van der Waals surface area contributed by atoms with Gasteiger partial charge in [0.2, 0.25) is 0 Å². The van der Waals surface area contributed by atoms with Crippen LogP contribution in [0.25, 0.3) is 0 Å². The number of carboxylic acids is 1. The van der Waals surface area contributed by atoms with Crippen LogP contribution >= 0.6 is 11.6 Å². The lowest BCUT2D eigenvalue weighted by Crippen LogP contribution is -2.07. The Kier molecular flexibility index (Phi) is 3.24. The van der Waals surface area contributed by atoms with Crippen molar-refractivity contribution in [3.8, 4) is 0 Å². The SMILES string of the molecule is Nc1cc(CCF)nc(C(=O)O)c1Cl. The van der Waals surface area contributed by atoms with Crippen LogP contribution in [0.1, 0.15) is 16.2 Å². The molecule has 0 amide bonds. The second-order valence-electron chi connectivity index (χ2n) is 2.61. The van der Waals surface area contributed by atoms with Gasteiger partial charge in [-0.2, -0.15) is 0 Å². The van der Waals surface area contributed by atoms with Crippen LogP contribution in [0.3, 0.4) is 0 Å². The topological polar surface area (TPSA) is 76.2 Å². The van der Waals surface area contributed by atoms with E-state index < -0.39 is 12.6 Å². The molecule has 14 heavy (non-hydrogen) atoms. The van der Waals surface area contributed by atoms with Gasteiger partial charge in [0, 0.05) is 12.1 Å². The largest absolute Gasteiger partial charge is 0.476 e. The van der Waals surface area contributed by atoms with E-state index in [4.69, 9.17) is 22.4 Å². The summed E-state index contributed by atoms with van der Waals surface area (Å²) in [6, 6.07) is 1.37. The van der Waals surface area contributed by atoms with Gasteiger partial charge in [0.1, 0.15) is 0 Å². The summed E-state index contributed by atoms with van der Waals surface area (Å²) in [7, 11) is 0. The Bertz CT molecular complexity index is 371. The number of aryl methyl sites for hydroxylation is 1. The van der Waals surface area contributed by atoms with E-state index in [2.05, 4.69) is 4.98 Å². The molecule has 1 aromatic heterocycles. The maximum absolute atomic E-state index is 12.0. The fourth-order valence-electron chi connectivity index (χ4n) is 0.971. The van der Waals surface area contributed by atoms with E-state index in [1.807, 2.05) is 0 Å². The molecule has 0 unspecified atom stereocenters. The van der Waals surface area contributed by atoms with Gasteiger partial charge in [-0.05, 0) is 6.07 Å². The summed E-state index contributed by atoms with van der Waals surface area (Å²) in [5.74, 6) is -1.28. The number of rotatable bonds is 3. The van der Waals surface area contributed by atoms with E-state index in [-0.39, 0.29) is 28.5 Å². The van der Waals surface area contributed by atoms with Crippen molar-refractivity contribution < 1.29 is 14.3 Å². The number of aromatic nitrogens is 1. The van der Waals surface area contributed by atoms with Crippen LogP contribution in [0.2, 0.25) is 5.02 Å². The summed E-state index contributed by atoms with van der Waals surface area (Å²) in [6.07, 6.45) is 0.0294. The molecule has 0 spiro atoms. The van der Waals surface area contributed by atoms with Crippen molar-refractivity contribution >= 4 is 23.3 Å². The number of hydrogen-bond donors (Lipinski definition) is 2. The Labute approximate surface area is 84.5 Å². The minimum Gasteiger partial charge on any atom is -0.476 e. The lowest BCUT2D eigenvalue weighted by molar-refractivity contribution is 0.0690. The number of hydrogen-bond acceptors (Lipinski definition) is 3. The third kappa shape index (κ3) is 2.11. The van der Waals surface area contributed by atoms with Gasteiger partial charge in [-0.15, -0.1) is 0 Å². The van der Waals surface area contributed by atoms with Gasteiger partial charge in [0.25, 0.3) is 0 Å². The van der Waals surface area contributed by atoms with E-state index in [0.29, 0.717) is 0 Å². The van der Waals surface area contributed by atoms with E-state index in [1.54, 1.807) is 0 Å². The van der Waals surface area contributed by atoms with Gasteiger partial charge in [-0.3, -0.25) is 4.39 Å². The van der Waals surface area contributed by atoms with Gasteiger partial charge in [0.05, 0.1) is 17.4 Å². The molecular weight excluding hydrogens is 211 g/mol. The highest BCUT2D eigenvalue weighted by molar-refractivity contribution is 6.35. The second kappa shape index (κ2) is 4.23. The van der Waals surface area contributed by atoms with Crippen LogP contribution in [-0.4, -0.2) is 22.7 Å². The summed E-state index contributed by atoms with van der Waals surface area (Å²) in [5, 5.41) is 8.58. The van der Waals surface area contributed by atoms with Gasteiger partial charge < -0.3 is 10.8 Å². The Hall–Kier alpha value is -1.36. The predicted molar refractivity (Wildman–Crippen MR) is 50.3 cm³/mol. The van der Waals surface area contributed by atoms with Crippen molar-refractivity contribution in [3.63, 3.8) is 0 Å². The van der Waals surface area contributed by atoms with Crippen LogP contribution in [0.4, 0.5) is 10.1 Å². The lowest BCUT2D eigenvalue weighted by atomic mass is 10.2. The molecule has 1 rings (SSSR count). The van der Waals surface area contributed by atoms with Crippen molar-refractivity contribution in [3.05, 3.63) is 22.5 Å². The molecule has 1 aromatic rings. The number of alkyl halides is 1. The summed E-state index contributed by atoms with van der Waals surface area (Å²) in [4.78, 5) is 14.3. The highest BCUT2D eigenvalue weighted by Crippen LogP contribution is 2.23. The number of nitrogen functional groups attached to an aromatic ring is 1. The molecule has 0 saturated carbocycles. The van der Waals surface area contributed by atoms with Crippen molar-refractivity contribution in [2.45, 2.75) is 6.42 Å². The summed E-state index contributed by atoms with van der Waals surface area (Å²) >= 11 is 5.60. The van der Waals surface area contributed by atoms with E-state index in [9.17, 15) is 9.18 Å². The van der Waals surface area contributed by atoms with Gasteiger partial charge >= 0.3 is 5.97 Å². The molecule has 4 nitrogen and oxygen atoms in total. The van der Waals surface area contributed by atoms with E-state index in [0.717, 1.165) is 0 Å². The molecule has 0 aliphatic rings. The molecule has 0 saturated heterocycles. The first-order valence-corrected chi connectivity index (χ1v) is 4.18. The van der Waals surface area contributed by atoms with Crippen molar-refractivity contribution in [2.24, 2.45) is 0 Å². The minimum atomic E-state index is -1.28. The normalized spacial score (nSPS) is 10.1. The third-order valence-electron chi connectivity index (χ3n) is 1.59. The standard InChI is InChI=1S/C8H8ClFN2O2/c9-6-5(11)3-4(1-2-10)12-7(6)8(13)14/h3H,1-2H2,(H2,11,12)(H,13,14). The number of nitrogens with two attached hydrogens (primary N) is 1. The molecule has 0 radical (unpaired) electrons. The van der Waals surface area contributed by atoms with Crippen molar-refractivity contribution in [1.29, 1.82) is 0 Å². The number of carbonyl (C=O) groups is 1. The van der Waals surface area contributed by atoms with Gasteiger partial charge in [0.15, 0.2) is 5.69 Å². The lowest BCUT2D eigenvalue weighted by Gasteiger charge is -2.04. The summed E-state index contributed by atoms with van der Waals surface area (Å²) in [5.41, 5.74) is 5.48. The number of halogens is 2. The second-order valence-corrected chi connectivity index (χ2v) is 2.99. The van der Waals surface area contributed by atoms with Crippen LogP contribution in [-0.2, 0) is 6.42 Å². The molecule has 0 aromatic carbocycles. The average Bonchev–Trinajstić information content (AvgIpc) is 2.11. The Balaban J connectivity index is 3.21. The number of aromatic carboxylic acids is 1. The zero-order valence-corrected chi connectivity index (χ0v) is 7.88. The zero-order valence-electron chi connectivity index (χ0n) is 7.13. The highest BCUT2D eigenvalue weighted by atomic mass is 35.5. The number of anilines is 1.